The Labute approximate surface area is 148 Å². The van der Waals surface area contributed by atoms with Crippen molar-refractivity contribution in [2.75, 3.05) is 13.2 Å². The molecule has 2 N–H and O–H groups in total. The summed E-state index contributed by atoms with van der Waals surface area (Å²) in [5, 5.41) is 20.8. The van der Waals surface area contributed by atoms with Crippen molar-refractivity contribution in [1.82, 2.24) is 0 Å². The summed E-state index contributed by atoms with van der Waals surface area (Å²) in [5.41, 5.74) is 0.919. The predicted octanol–water partition coefficient (Wildman–Crippen LogP) is 3.73. The quantitative estimate of drug-likeness (QED) is 0.511. The van der Waals surface area contributed by atoms with Gasteiger partial charge in [0.15, 0.2) is 0 Å². The predicted molar refractivity (Wildman–Crippen MR) is 98.6 cm³/mol. The van der Waals surface area contributed by atoms with E-state index in [1.54, 1.807) is 0 Å². The van der Waals surface area contributed by atoms with Gasteiger partial charge in [-0.3, -0.25) is 0 Å². The largest absolute Gasteiger partial charge is 0.493 e. The van der Waals surface area contributed by atoms with Crippen LogP contribution >= 0.6 is 0 Å². The average Bonchev–Trinajstić information content (AvgIpc) is 2.69. The number of para-hydroxylation sites is 1. The van der Waals surface area contributed by atoms with Gasteiger partial charge in [0.05, 0.1) is 6.61 Å². The van der Waals surface area contributed by atoms with E-state index < -0.39 is 5.60 Å². The average molecular weight is 334 g/mol. The molecule has 0 bridgehead atoms. The fourth-order valence-electron chi connectivity index (χ4n) is 2.97. The fraction of sp³-hybridized carbons (Fsp3) is 0.182. The molecule has 0 atom stereocenters. The Bertz CT molecular complexity index is 745. The first-order valence-corrected chi connectivity index (χ1v) is 8.43. The molecule has 3 heteroatoms. The molecule has 0 aliphatic heterocycles. The molecule has 3 rings (SSSR count). The van der Waals surface area contributed by atoms with Crippen LogP contribution in [0.4, 0.5) is 0 Å². The summed E-state index contributed by atoms with van der Waals surface area (Å²) in [6, 6.07) is 26.7. The molecule has 0 saturated carbocycles. The first kappa shape index (κ1) is 17.2. The normalized spacial score (nSPS) is 11.3. The van der Waals surface area contributed by atoms with Crippen molar-refractivity contribution in [1.29, 1.82) is 0 Å². The Morgan fingerprint density at radius 1 is 0.720 bits per heavy atom. The van der Waals surface area contributed by atoms with Crippen molar-refractivity contribution in [3.8, 4) is 5.75 Å². The zero-order valence-corrected chi connectivity index (χ0v) is 14.0. The molecule has 3 aromatic carbocycles. The second kappa shape index (κ2) is 7.97. The topological polar surface area (TPSA) is 49.7 Å². The summed E-state index contributed by atoms with van der Waals surface area (Å²) in [7, 11) is 0. The molecule has 0 radical (unpaired) electrons. The summed E-state index contributed by atoms with van der Waals surface area (Å²) in [6.45, 7) is 0.469. The second-order valence-electron chi connectivity index (χ2n) is 5.86. The van der Waals surface area contributed by atoms with Crippen LogP contribution in [0.1, 0.15) is 23.1 Å². The first-order valence-electron chi connectivity index (χ1n) is 8.43. The second-order valence-corrected chi connectivity index (χ2v) is 5.86. The number of hydrogen-bond donors (Lipinski definition) is 2. The molecule has 0 aromatic heterocycles. The highest BCUT2D eigenvalue weighted by molar-refractivity contribution is 5.52. The Hall–Kier alpha value is -2.62. The number of ether oxygens (including phenoxy) is 1. The van der Waals surface area contributed by atoms with Crippen LogP contribution in [0.25, 0.3) is 0 Å². The molecule has 0 fully saturated rings. The van der Waals surface area contributed by atoms with Gasteiger partial charge in [0.2, 0.25) is 0 Å². The van der Waals surface area contributed by atoms with Gasteiger partial charge in [-0.05, 0) is 17.2 Å². The monoisotopic (exact) mass is 334 g/mol. The highest BCUT2D eigenvalue weighted by Crippen LogP contribution is 2.40. The van der Waals surface area contributed by atoms with E-state index in [0.717, 1.165) is 11.1 Å². The molecule has 3 aromatic rings. The zero-order valence-electron chi connectivity index (χ0n) is 14.0. The van der Waals surface area contributed by atoms with Crippen molar-refractivity contribution >= 4 is 0 Å². The summed E-state index contributed by atoms with van der Waals surface area (Å²) in [5.74, 6) is 0.617. The lowest BCUT2D eigenvalue weighted by Crippen LogP contribution is -2.29. The summed E-state index contributed by atoms with van der Waals surface area (Å²) in [4.78, 5) is 0. The molecule has 0 heterocycles. The van der Waals surface area contributed by atoms with Crippen molar-refractivity contribution in [2.24, 2.45) is 0 Å². The number of hydrogen-bond acceptors (Lipinski definition) is 3. The summed E-state index contributed by atoms with van der Waals surface area (Å²) < 4.78 is 5.85. The lowest BCUT2D eigenvalue weighted by atomic mass is 9.80. The maximum absolute atomic E-state index is 11.8. The first-order chi connectivity index (χ1) is 12.3. The smallest absolute Gasteiger partial charge is 0.144 e. The van der Waals surface area contributed by atoms with Gasteiger partial charge in [-0.1, -0.05) is 78.9 Å². The SMILES string of the molecule is OCCCOc1ccccc1C(O)(c1ccccc1)c1ccccc1. The van der Waals surface area contributed by atoms with Crippen LogP contribution in [0.2, 0.25) is 0 Å². The van der Waals surface area contributed by atoms with Crippen LogP contribution in [0.5, 0.6) is 5.75 Å². The van der Waals surface area contributed by atoms with Crippen LogP contribution in [0.15, 0.2) is 84.9 Å². The molecular formula is C22H22O3. The molecule has 25 heavy (non-hydrogen) atoms. The van der Waals surface area contributed by atoms with Gasteiger partial charge in [-0.25, -0.2) is 0 Å². The molecule has 0 spiro atoms. The van der Waals surface area contributed by atoms with E-state index >= 15 is 0 Å². The highest BCUT2D eigenvalue weighted by atomic mass is 16.5. The maximum atomic E-state index is 11.8. The Kier molecular flexibility index (Phi) is 5.49. The highest BCUT2D eigenvalue weighted by Gasteiger charge is 2.36. The molecule has 0 aliphatic carbocycles. The van der Waals surface area contributed by atoms with E-state index in [0.29, 0.717) is 24.3 Å². The van der Waals surface area contributed by atoms with Crippen molar-refractivity contribution in [3.05, 3.63) is 102 Å². The third kappa shape index (κ3) is 3.58. The minimum absolute atomic E-state index is 0.0732. The van der Waals surface area contributed by atoms with Gasteiger partial charge in [0.1, 0.15) is 11.4 Å². The molecule has 0 amide bonds. The molecule has 3 nitrogen and oxygen atoms in total. The standard InChI is InChI=1S/C22H22O3/c23-16-9-17-25-21-15-8-7-14-20(21)22(24,18-10-3-1-4-11-18)19-12-5-2-6-13-19/h1-8,10-15,23-24H,9,16-17H2. The number of aliphatic hydroxyl groups excluding tert-OH is 1. The summed E-state index contributed by atoms with van der Waals surface area (Å²) in [6.07, 6.45) is 0.545. The molecular weight excluding hydrogens is 312 g/mol. The van der Waals surface area contributed by atoms with Crippen LogP contribution in [-0.4, -0.2) is 23.4 Å². The third-order valence-corrected chi connectivity index (χ3v) is 4.22. The molecule has 128 valence electrons. The molecule has 0 aliphatic rings. The van der Waals surface area contributed by atoms with E-state index in [1.807, 2.05) is 84.9 Å². The number of rotatable bonds is 7. The van der Waals surface area contributed by atoms with Crippen molar-refractivity contribution in [2.45, 2.75) is 12.0 Å². The van der Waals surface area contributed by atoms with E-state index in [9.17, 15) is 5.11 Å². The van der Waals surface area contributed by atoms with Crippen LogP contribution < -0.4 is 4.74 Å². The Morgan fingerprint density at radius 2 is 1.24 bits per heavy atom. The van der Waals surface area contributed by atoms with Gasteiger partial charge in [-0.2, -0.15) is 0 Å². The van der Waals surface area contributed by atoms with Crippen molar-refractivity contribution in [3.63, 3.8) is 0 Å². The minimum atomic E-state index is -1.32. The number of aliphatic hydroxyl groups is 2. The molecule has 0 unspecified atom stereocenters. The minimum Gasteiger partial charge on any atom is -0.493 e. The van der Waals surface area contributed by atoms with E-state index in [-0.39, 0.29) is 6.61 Å². The summed E-state index contributed by atoms with van der Waals surface area (Å²) >= 11 is 0. The fourth-order valence-corrected chi connectivity index (χ4v) is 2.97. The van der Waals surface area contributed by atoms with Gasteiger partial charge in [0.25, 0.3) is 0 Å². The van der Waals surface area contributed by atoms with E-state index in [4.69, 9.17) is 9.84 Å². The van der Waals surface area contributed by atoms with Gasteiger partial charge in [-0.15, -0.1) is 0 Å². The lowest BCUT2D eigenvalue weighted by molar-refractivity contribution is 0.120. The molecule has 0 saturated heterocycles. The number of benzene rings is 3. The van der Waals surface area contributed by atoms with Crippen LogP contribution in [0, 0.1) is 0 Å². The van der Waals surface area contributed by atoms with Crippen LogP contribution in [-0.2, 0) is 5.60 Å². The zero-order chi connectivity index (χ0) is 17.5. The van der Waals surface area contributed by atoms with Gasteiger partial charge >= 0.3 is 0 Å². The Balaban J connectivity index is 2.14. The van der Waals surface area contributed by atoms with Gasteiger partial charge in [0, 0.05) is 18.6 Å². The van der Waals surface area contributed by atoms with Crippen LogP contribution in [0.3, 0.4) is 0 Å². The maximum Gasteiger partial charge on any atom is 0.144 e. The Morgan fingerprint density at radius 3 is 1.80 bits per heavy atom. The third-order valence-electron chi connectivity index (χ3n) is 4.22. The van der Waals surface area contributed by atoms with Gasteiger partial charge < -0.3 is 14.9 Å². The van der Waals surface area contributed by atoms with E-state index in [1.165, 1.54) is 0 Å². The lowest BCUT2D eigenvalue weighted by Gasteiger charge is -2.31. The van der Waals surface area contributed by atoms with E-state index in [2.05, 4.69) is 0 Å². The van der Waals surface area contributed by atoms with Crippen molar-refractivity contribution < 1.29 is 14.9 Å².